The van der Waals surface area contributed by atoms with Gasteiger partial charge in [0.25, 0.3) is 0 Å². The van der Waals surface area contributed by atoms with Gasteiger partial charge < -0.3 is 69.4 Å². The zero-order valence-corrected chi connectivity index (χ0v) is 37.8. The van der Waals surface area contributed by atoms with E-state index in [1.165, 1.54) is 77.0 Å². The van der Waals surface area contributed by atoms with Gasteiger partial charge in [0.05, 0.1) is 26.4 Å². The first-order chi connectivity index (χ1) is 28.9. The van der Waals surface area contributed by atoms with E-state index >= 15 is 0 Å². The van der Waals surface area contributed by atoms with Crippen LogP contribution in [0.5, 0.6) is 0 Å². The minimum absolute atomic E-state index is 0. The molecule has 61 heavy (non-hydrogen) atoms. The van der Waals surface area contributed by atoms with E-state index < -0.39 is 73.0 Å². The maximum atomic E-state index is 11.4. The molecular weight excluding hydrogens is 809 g/mol. The number of esters is 2. The summed E-state index contributed by atoms with van der Waals surface area (Å²) in [4.78, 5) is 43.3. The standard InChI is InChI=1S/2C22H38O8.Mg/c2*23-16-17(24)20-21(19(27)22(28)30-20)29-15-13-11-9-7-5-3-1-2-4-6-8-10-12-14-18(25)26;/h2*17,20,23-24,27H,1-16H2,(H,25,26);/q;;+2/p-2/t2*17-,20+;/m00./s1. The Morgan fingerprint density at radius 2 is 0.705 bits per heavy atom. The van der Waals surface area contributed by atoms with Gasteiger partial charge in [-0.1, -0.05) is 141 Å². The Morgan fingerprint density at radius 3 is 0.934 bits per heavy atom. The maximum Gasteiger partial charge on any atom is 2.00 e. The number of hydrogen-bond acceptors (Lipinski definition) is 16. The van der Waals surface area contributed by atoms with Crippen molar-refractivity contribution in [3.8, 4) is 0 Å². The van der Waals surface area contributed by atoms with Gasteiger partial charge in [-0.15, -0.1) is 0 Å². The van der Waals surface area contributed by atoms with Crippen LogP contribution < -0.4 is 10.2 Å². The summed E-state index contributed by atoms with van der Waals surface area (Å²) in [5.41, 5.74) is 0. The molecule has 0 radical (unpaired) electrons. The molecule has 0 fully saturated rings. The van der Waals surface area contributed by atoms with Gasteiger partial charge in [0.1, 0.15) is 12.2 Å². The molecule has 0 saturated heterocycles. The summed E-state index contributed by atoms with van der Waals surface area (Å²) >= 11 is 0. The van der Waals surface area contributed by atoms with Gasteiger partial charge in [-0.25, -0.2) is 9.59 Å². The van der Waals surface area contributed by atoms with Crippen molar-refractivity contribution in [2.45, 2.75) is 204 Å². The van der Waals surface area contributed by atoms with E-state index in [-0.39, 0.29) is 47.4 Å². The number of aliphatic hydroxyl groups excluding tert-OH is 6. The van der Waals surface area contributed by atoms with Gasteiger partial charge in [-0.05, 0) is 38.5 Å². The first kappa shape index (κ1) is 58.2. The number of carbonyl (C=O) groups is 4. The Hall–Kier alpha value is -2.83. The third kappa shape index (κ3) is 27.8. The van der Waals surface area contributed by atoms with Gasteiger partial charge in [0, 0.05) is 11.9 Å². The normalized spacial score (nSPS) is 17.0. The predicted molar refractivity (Wildman–Crippen MR) is 222 cm³/mol. The fraction of sp³-hybridized carbons (Fsp3) is 0.818. The molecule has 0 bridgehead atoms. The molecule has 0 aliphatic carbocycles. The van der Waals surface area contributed by atoms with Crippen LogP contribution in [0.15, 0.2) is 23.0 Å². The van der Waals surface area contributed by atoms with Crippen molar-refractivity contribution in [1.82, 2.24) is 0 Å². The fourth-order valence-corrected chi connectivity index (χ4v) is 6.92. The Labute approximate surface area is 378 Å². The summed E-state index contributed by atoms with van der Waals surface area (Å²) in [5.74, 6) is -5.26. The number of unbranched alkanes of at least 4 members (excludes halogenated alkanes) is 24. The average Bonchev–Trinajstić information content (AvgIpc) is 3.68. The molecule has 2 rings (SSSR count). The number of hydrogen-bond donors (Lipinski definition) is 6. The zero-order chi connectivity index (χ0) is 44.4. The fourth-order valence-electron chi connectivity index (χ4n) is 6.92. The van der Waals surface area contributed by atoms with Crippen LogP contribution >= 0.6 is 0 Å². The molecular formula is C44H74MgO16. The number of aliphatic hydroxyl groups is 6. The molecule has 0 aromatic rings. The summed E-state index contributed by atoms with van der Waals surface area (Å²) < 4.78 is 20.4. The number of carbonyl (C=O) groups excluding carboxylic acids is 4. The van der Waals surface area contributed by atoms with Gasteiger partial charge >= 0.3 is 35.0 Å². The van der Waals surface area contributed by atoms with Crippen LogP contribution in [0, 0.1) is 0 Å². The summed E-state index contributed by atoms with van der Waals surface area (Å²) in [6.45, 7) is -0.563. The van der Waals surface area contributed by atoms with Gasteiger partial charge in [-0.3, -0.25) is 0 Å². The van der Waals surface area contributed by atoms with E-state index in [4.69, 9.17) is 29.2 Å². The van der Waals surface area contributed by atoms with Crippen molar-refractivity contribution in [3.63, 3.8) is 0 Å². The summed E-state index contributed by atoms with van der Waals surface area (Å²) in [6.07, 6.45) is 23.5. The molecule has 0 spiro atoms. The number of rotatable bonds is 38. The van der Waals surface area contributed by atoms with Crippen molar-refractivity contribution < 1.29 is 79.0 Å². The van der Waals surface area contributed by atoms with Crippen LogP contribution in [-0.4, -0.2) is 128 Å². The molecule has 2 aliphatic rings. The van der Waals surface area contributed by atoms with E-state index in [0.29, 0.717) is 13.2 Å². The number of aliphatic carboxylic acids is 2. The minimum atomic E-state index is -1.32. The number of carboxylic acids is 2. The molecule has 2 heterocycles. The molecule has 0 saturated carbocycles. The maximum absolute atomic E-state index is 11.4. The second-order valence-electron chi connectivity index (χ2n) is 15.7. The molecule has 0 amide bonds. The third-order valence-electron chi connectivity index (χ3n) is 10.5. The Kier molecular flexibility index (Phi) is 35.9. The molecule has 2 aliphatic heterocycles. The summed E-state index contributed by atoms with van der Waals surface area (Å²) in [5, 5.41) is 77.2. The van der Waals surface area contributed by atoms with Crippen molar-refractivity contribution >= 4 is 46.9 Å². The molecule has 17 heteroatoms. The van der Waals surface area contributed by atoms with Crippen LogP contribution in [0.3, 0.4) is 0 Å². The largest absolute Gasteiger partial charge is 2.00 e. The molecule has 0 aromatic carbocycles. The van der Waals surface area contributed by atoms with Gasteiger partial charge in [0.2, 0.25) is 11.5 Å². The minimum Gasteiger partial charge on any atom is -0.550 e. The van der Waals surface area contributed by atoms with Crippen molar-refractivity contribution in [1.29, 1.82) is 0 Å². The number of carboxylic acid groups (broad SMARTS) is 2. The van der Waals surface area contributed by atoms with E-state index in [2.05, 4.69) is 0 Å². The zero-order valence-electron chi connectivity index (χ0n) is 36.4. The Morgan fingerprint density at radius 1 is 0.475 bits per heavy atom. The number of ether oxygens (including phenoxy) is 4. The molecule has 348 valence electrons. The predicted octanol–water partition coefficient (Wildman–Crippen LogP) is 4.14. The van der Waals surface area contributed by atoms with E-state index in [1.807, 2.05) is 0 Å². The second kappa shape index (κ2) is 37.7. The number of cyclic esters (lactones) is 2. The first-order valence-electron chi connectivity index (χ1n) is 22.5. The van der Waals surface area contributed by atoms with Crippen molar-refractivity contribution in [2.75, 3.05) is 26.4 Å². The van der Waals surface area contributed by atoms with Crippen LogP contribution in [0.25, 0.3) is 0 Å². The summed E-state index contributed by atoms with van der Waals surface area (Å²) in [7, 11) is 0. The molecule has 16 nitrogen and oxygen atoms in total. The molecule has 0 unspecified atom stereocenters. The first-order valence-corrected chi connectivity index (χ1v) is 22.5. The van der Waals surface area contributed by atoms with E-state index in [9.17, 15) is 49.8 Å². The quantitative estimate of drug-likeness (QED) is 0.0289. The molecule has 0 aromatic heterocycles. The van der Waals surface area contributed by atoms with Crippen LogP contribution in [0.2, 0.25) is 0 Å². The Balaban J connectivity index is 0.00000116. The smallest absolute Gasteiger partial charge is 0.550 e. The molecule has 4 atom stereocenters. The second-order valence-corrected chi connectivity index (χ2v) is 15.7. The summed E-state index contributed by atoms with van der Waals surface area (Å²) in [6, 6.07) is 0. The third-order valence-corrected chi connectivity index (χ3v) is 10.5. The van der Waals surface area contributed by atoms with E-state index in [0.717, 1.165) is 89.9 Å². The topological polar surface area (TPSA) is 273 Å². The van der Waals surface area contributed by atoms with Crippen LogP contribution in [0.4, 0.5) is 0 Å². The van der Waals surface area contributed by atoms with Crippen molar-refractivity contribution in [2.24, 2.45) is 0 Å². The monoisotopic (exact) mass is 882 g/mol. The molecule has 6 N–H and O–H groups in total. The van der Waals surface area contributed by atoms with Gasteiger partial charge in [-0.2, -0.15) is 0 Å². The van der Waals surface area contributed by atoms with E-state index in [1.54, 1.807) is 0 Å². The average molecular weight is 883 g/mol. The van der Waals surface area contributed by atoms with Crippen LogP contribution in [-0.2, 0) is 38.1 Å². The SMILES string of the molecule is O=C([O-])CCCCCCCCCCCCCCCOC1=C(O)C(=O)O[C@@H]1[C@@H](O)CO.O=C([O-])CCCCCCCCCCCCCCCOC1=C(O)C(=O)O[C@@H]1[C@@H](O)CO.[Mg+2]. The van der Waals surface area contributed by atoms with Crippen molar-refractivity contribution in [3.05, 3.63) is 23.0 Å². The Bertz CT molecular complexity index is 1160. The van der Waals surface area contributed by atoms with Crippen LogP contribution in [0.1, 0.15) is 180 Å². The van der Waals surface area contributed by atoms with Gasteiger partial charge in [0.15, 0.2) is 23.7 Å².